The highest BCUT2D eigenvalue weighted by Crippen LogP contribution is 2.33. The lowest BCUT2D eigenvalue weighted by Crippen LogP contribution is -2.55. The first-order valence-electron chi connectivity index (χ1n) is 7.94. The Morgan fingerprint density at radius 1 is 1.32 bits per heavy atom. The molecule has 2 fully saturated rings. The zero-order valence-electron chi connectivity index (χ0n) is 12.3. The molecule has 0 radical (unpaired) electrons. The predicted octanol–water partition coefficient (Wildman–Crippen LogP) is 1.64. The smallest absolute Gasteiger partial charge is 0.221 e. The average molecular weight is 267 g/mol. The molecule has 0 aromatic carbocycles. The minimum Gasteiger partial charge on any atom is -0.353 e. The van der Waals surface area contributed by atoms with E-state index in [9.17, 15) is 4.79 Å². The van der Waals surface area contributed by atoms with Gasteiger partial charge in [0, 0.05) is 31.1 Å². The summed E-state index contributed by atoms with van der Waals surface area (Å²) in [6, 6.07) is 0.473. The first kappa shape index (κ1) is 14.8. The van der Waals surface area contributed by atoms with Crippen molar-refractivity contribution < 1.29 is 4.79 Å². The summed E-state index contributed by atoms with van der Waals surface area (Å²) in [4.78, 5) is 14.3. The Morgan fingerprint density at radius 2 is 2.00 bits per heavy atom. The highest BCUT2D eigenvalue weighted by atomic mass is 16.1. The Hall–Kier alpha value is -0.610. The monoisotopic (exact) mass is 267 g/mol. The fraction of sp³-hybridized carbons (Fsp3) is 0.933. The van der Waals surface area contributed by atoms with E-state index >= 15 is 0 Å². The first-order chi connectivity index (χ1) is 9.20. The number of hydrogen-bond acceptors (Lipinski definition) is 3. The van der Waals surface area contributed by atoms with Gasteiger partial charge < -0.3 is 11.1 Å². The Balaban J connectivity index is 1.84. The van der Waals surface area contributed by atoms with Crippen LogP contribution in [0.1, 0.15) is 58.3 Å². The minimum atomic E-state index is 0.160. The van der Waals surface area contributed by atoms with Crippen LogP contribution in [0.3, 0.4) is 0 Å². The van der Waals surface area contributed by atoms with Gasteiger partial charge in [0.05, 0.1) is 0 Å². The van der Waals surface area contributed by atoms with E-state index in [1.807, 2.05) is 0 Å². The van der Waals surface area contributed by atoms with E-state index in [4.69, 9.17) is 5.73 Å². The van der Waals surface area contributed by atoms with Gasteiger partial charge in [-0.15, -0.1) is 0 Å². The lowest BCUT2D eigenvalue weighted by molar-refractivity contribution is -0.122. The first-order valence-corrected chi connectivity index (χ1v) is 7.94. The zero-order chi connectivity index (χ0) is 13.7. The quantitative estimate of drug-likeness (QED) is 0.737. The number of amides is 1. The number of likely N-dealkylation sites (N-methyl/N-ethyl adjacent to an activating group) is 1. The van der Waals surface area contributed by atoms with Crippen molar-refractivity contribution in [2.75, 3.05) is 19.6 Å². The third kappa shape index (κ3) is 3.93. The van der Waals surface area contributed by atoms with Crippen molar-refractivity contribution >= 4 is 5.91 Å². The molecule has 0 aromatic rings. The molecule has 1 amide bonds. The molecule has 0 saturated heterocycles. The third-order valence-corrected chi connectivity index (χ3v) is 4.77. The van der Waals surface area contributed by atoms with Crippen LogP contribution in [0, 0.1) is 0 Å². The lowest BCUT2D eigenvalue weighted by Gasteiger charge is -2.45. The molecule has 0 aliphatic heterocycles. The van der Waals surface area contributed by atoms with E-state index in [0.29, 0.717) is 12.5 Å². The van der Waals surface area contributed by atoms with Crippen molar-refractivity contribution in [3.63, 3.8) is 0 Å². The summed E-state index contributed by atoms with van der Waals surface area (Å²) in [5.74, 6) is 0.212. The maximum Gasteiger partial charge on any atom is 0.221 e. The van der Waals surface area contributed by atoms with Crippen LogP contribution in [0.4, 0.5) is 0 Å². The van der Waals surface area contributed by atoms with Crippen molar-refractivity contribution in [2.24, 2.45) is 5.73 Å². The van der Waals surface area contributed by atoms with Crippen LogP contribution < -0.4 is 11.1 Å². The zero-order valence-corrected chi connectivity index (χ0v) is 12.3. The van der Waals surface area contributed by atoms with E-state index < -0.39 is 0 Å². The number of rotatable bonds is 7. The standard InChI is InChI=1S/C15H29N3O/c1-2-18(11-8-14(19)17-13-6-7-13)15(12-16)9-4-3-5-10-15/h13H,2-12,16H2,1H3,(H,17,19). The van der Waals surface area contributed by atoms with E-state index in [2.05, 4.69) is 17.1 Å². The van der Waals surface area contributed by atoms with Gasteiger partial charge in [-0.1, -0.05) is 26.2 Å². The normalized spacial score (nSPS) is 22.5. The van der Waals surface area contributed by atoms with Gasteiger partial charge in [0.25, 0.3) is 0 Å². The van der Waals surface area contributed by atoms with Gasteiger partial charge in [-0.25, -0.2) is 0 Å². The number of carbonyl (C=O) groups is 1. The molecule has 3 N–H and O–H groups in total. The fourth-order valence-corrected chi connectivity index (χ4v) is 3.35. The summed E-state index contributed by atoms with van der Waals surface area (Å²) >= 11 is 0. The van der Waals surface area contributed by atoms with Gasteiger partial charge in [-0.3, -0.25) is 9.69 Å². The topological polar surface area (TPSA) is 58.4 Å². The largest absolute Gasteiger partial charge is 0.353 e. The predicted molar refractivity (Wildman–Crippen MR) is 77.9 cm³/mol. The molecule has 19 heavy (non-hydrogen) atoms. The Bertz CT molecular complexity index is 296. The molecule has 2 saturated carbocycles. The second-order valence-corrected chi connectivity index (χ2v) is 6.16. The molecule has 2 aliphatic carbocycles. The Morgan fingerprint density at radius 3 is 2.53 bits per heavy atom. The molecule has 0 bridgehead atoms. The highest BCUT2D eigenvalue weighted by Gasteiger charge is 2.36. The summed E-state index contributed by atoms with van der Waals surface area (Å²) in [5.41, 5.74) is 6.23. The molecule has 0 spiro atoms. The minimum absolute atomic E-state index is 0.160. The second kappa shape index (κ2) is 6.71. The maximum absolute atomic E-state index is 11.8. The van der Waals surface area contributed by atoms with Crippen molar-refractivity contribution in [1.82, 2.24) is 10.2 Å². The molecule has 0 aromatic heterocycles. The SMILES string of the molecule is CCN(CCC(=O)NC1CC1)C1(CN)CCCCC1. The molecular formula is C15H29N3O. The van der Waals surface area contributed by atoms with Crippen molar-refractivity contribution in [2.45, 2.75) is 69.9 Å². The number of carbonyl (C=O) groups excluding carboxylic acids is 1. The number of nitrogens with two attached hydrogens (primary N) is 1. The van der Waals surface area contributed by atoms with Crippen LogP contribution >= 0.6 is 0 Å². The van der Waals surface area contributed by atoms with Crippen LogP contribution in [0.2, 0.25) is 0 Å². The van der Waals surface area contributed by atoms with E-state index in [0.717, 1.165) is 32.5 Å². The molecule has 2 rings (SSSR count). The van der Waals surface area contributed by atoms with Gasteiger partial charge in [-0.05, 0) is 32.2 Å². The Labute approximate surface area is 117 Å². The summed E-state index contributed by atoms with van der Waals surface area (Å²) in [7, 11) is 0. The van der Waals surface area contributed by atoms with Crippen LogP contribution in [-0.4, -0.2) is 42.0 Å². The van der Waals surface area contributed by atoms with E-state index in [1.165, 1.54) is 32.1 Å². The number of nitrogens with one attached hydrogen (secondary N) is 1. The molecule has 4 nitrogen and oxygen atoms in total. The Kier molecular flexibility index (Phi) is 5.22. The van der Waals surface area contributed by atoms with E-state index in [1.54, 1.807) is 0 Å². The van der Waals surface area contributed by atoms with Crippen LogP contribution in [0.5, 0.6) is 0 Å². The lowest BCUT2D eigenvalue weighted by atomic mass is 9.80. The number of nitrogens with zero attached hydrogens (tertiary/aromatic N) is 1. The summed E-state index contributed by atoms with van der Waals surface area (Å²) in [5, 5.41) is 3.07. The van der Waals surface area contributed by atoms with Gasteiger partial charge in [0.1, 0.15) is 0 Å². The third-order valence-electron chi connectivity index (χ3n) is 4.77. The second-order valence-electron chi connectivity index (χ2n) is 6.16. The van der Waals surface area contributed by atoms with Crippen LogP contribution in [0.25, 0.3) is 0 Å². The maximum atomic E-state index is 11.8. The van der Waals surface area contributed by atoms with Crippen molar-refractivity contribution in [3.8, 4) is 0 Å². The molecule has 110 valence electrons. The van der Waals surface area contributed by atoms with Gasteiger partial charge in [0.15, 0.2) is 0 Å². The molecule has 0 atom stereocenters. The van der Waals surface area contributed by atoms with Gasteiger partial charge in [-0.2, -0.15) is 0 Å². The molecular weight excluding hydrogens is 238 g/mol. The van der Waals surface area contributed by atoms with Gasteiger partial charge in [0.2, 0.25) is 5.91 Å². The molecule has 2 aliphatic rings. The highest BCUT2D eigenvalue weighted by molar-refractivity contribution is 5.76. The van der Waals surface area contributed by atoms with Gasteiger partial charge >= 0.3 is 0 Å². The summed E-state index contributed by atoms with van der Waals surface area (Å²) in [6.45, 7) is 4.76. The molecule has 0 heterocycles. The van der Waals surface area contributed by atoms with Crippen LogP contribution in [-0.2, 0) is 4.79 Å². The van der Waals surface area contributed by atoms with Crippen molar-refractivity contribution in [3.05, 3.63) is 0 Å². The molecule has 4 heteroatoms. The van der Waals surface area contributed by atoms with Crippen molar-refractivity contribution in [1.29, 1.82) is 0 Å². The van der Waals surface area contributed by atoms with E-state index in [-0.39, 0.29) is 11.4 Å². The summed E-state index contributed by atoms with van der Waals surface area (Å²) in [6.07, 6.45) is 9.23. The number of hydrogen-bond donors (Lipinski definition) is 2. The summed E-state index contributed by atoms with van der Waals surface area (Å²) < 4.78 is 0. The molecule has 0 unspecified atom stereocenters. The average Bonchev–Trinajstić information content (AvgIpc) is 3.24. The fourth-order valence-electron chi connectivity index (χ4n) is 3.35. The van der Waals surface area contributed by atoms with Crippen LogP contribution in [0.15, 0.2) is 0 Å².